The van der Waals surface area contributed by atoms with Crippen LogP contribution in [0.4, 0.5) is 15.8 Å². The molecule has 28 heavy (non-hydrogen) atoms. The van der Waals surface area contributed by atoms with Crippen LogP contribution in [0.5, 0.6) is 0 Å². The van der Waals surface area contributed by atoms with Crippen LogP contribution in [-0.2, 0) is 10.0 Å². The molecule has 7 nitrogen and oxygen atoms in total. The fourth-order valence-electron chi connectivity index (χ4n) is 2.95. The van der Waals surface area contributed by atoms with Gasteiger partial charge in [-0.15, -0.1) is 0 Å². The summed E-state index contributed by atoms with van der Waals surface area (Å²) in [5, 5.41) is 9.26. The van der Waals surface area contributed by atoms with Crippen LogP contribution in [0, 0.1) is 5.82 Å². The van der Waals surface area contributed by atoms with Gasteiger partial charge in [-0.05, 0) is 43.4 Å². The summed E-state index contributed by atoms with van der Waals surface area (Å²) in [6.45, 7) is 3.18. The smallest absolute Gasteiger partial charge is 0.337 e. The minimum absolute atomic E-state index is 0.0919. The van der Waals surface area contributed by atoms with E-state index in [0.29, 0.717) is 5.69 Å². The zero-order valence-corrected chi connectivity index (χ0v) is 16.6. The average Bonchev–Trinajstić information content (AvgIpc) is 2.62. The molecule has 10 heteroatoms. The maximum absolute atomic E-state index is 13.2. The molecule has 0 atom stereocenters. The number of rotatable bonds is 5. The van der Waals surface area contributed by atoms with Crippen molar-refractivity contribution in [3.05, 3.63) is 52.8 Å². The van der Waals surface area contributed by atoms with Crippen molar-refractivity contribution in [1.82, 2.24) is 4.90 Å². The van der Waals surface area contributed by atoms with E-state index in [1.54, 1.807) is 6.07 Å². The molecule has 0 spiro atoms. The molecule has 0 aliphatic carbocycles. The number of nitrogens with one attached hydrogen (secondary N) is 1. The summed E-state index contributed by atoms with van der Waals surface area (Å²) < 4.78 is 40.6. The quantitative estimate of drug-likeness (QED) is 0.762. The number of anilines is 2. The summed E-state index contributed by atoms with van der Waals surface area (Å²) in [6.07, 6.45) is 0. The Bertz CT molecular complexity index is 1010. The molecule has 3 rings (SSSR count). The highest BCUT2D eigenvalue weighted by Crippen LogP contribution is 2.29. The second-order valence-electron chi connectivity index (χ2n) is 6.51. The van der Waals surface area contributed by atoms with Crippen molar-refractivity contribution in [3.8, 4) is 0 Å². The highest BCUT2D eigenvalue weighted by atomic mass is 35.5. The Labute approximate surface area is 167 Å². The molecule has 0 bridgehead atoms. The van der Waals surface area contributed by atoms with Gasteiger partial charge in [-0.25, -0.2) is 17.6 Å². The van der Waals surface area contributed by atoms with Gasteiger partial charge >= 0.3 is 5.97 Å². The Morgan fingerprint density at radius 2 is 1.82 bits per heavy atom. The fourth-order valence-corrected chi connectivity index (χ4v) is 4.56. The van der Waals surface area contributed by atoms with Gasteiger partial charge in [0.1, 0.15) is 10.7 Å². The van der Waals surface area contributed by atoms with Crippen molar-refractivity contribution in [2.45, 2.75) is 4.90 Å². The monoisotopic (exact) mass is 427 g/mol. The van der Waals surface area contributed by atoms with Gasteiger partial charge in [0, 0.05) is 31.9 Å². The maximum Gasteiger partial charge on any atom is 0.337 e. The summed E-state index contributed by atoms with van der Waals surface area (Å²) in [6, 6.07) is 7.39. The Balaban J connectivity index is 1.92. The normalized spacial score (nSPS) is 15.5. The van der Waals surface area contributed by atoms with Gasteiger partial charge in [-0.1, -0.05) is 11.6 Å². The van der Waals surface area contributed by atoms with E-state index in [-0.39, 0.29) is 21.2 Å². The number of carboxylic acids is 1. The molecular formula is C18H19ClFN3O4S. The van der Waals surface area contributed by atoms with Crippen molar-refractivity contribution in [3.63, 3.8) is 0 Å². The highest BCUT2D eigenvalue weighted by Gasteiger charge is 2.23. The molecule has 1 fully saturated rings. The van der Waals surface area contributed by atoms with Gasteiger partial charge in [0.2, 0.25) is 0 Å². The van der Waals surface area contributed by atoms with Crippen molar-refractivity contribution in [2.75, 3.05) is 42.8 Å². The topological polar surface area (TPSA) is 90.0 Å². The minimum Gasteiger partial charge on any atom is -0.478 e. The number of halogens is 2. The van der Waals surface area contributed by atoms with E-state index in [4.69, 9.17) is 11.6 Å². The largest absolute Gasteiger partial charge is 0.478 e. The molecule has 2 N–H and O–H groups in total. The van der Waals surface area contributed by atoms with Crippen LogP contribution >= 0.6 is 11.6 Å². The van der Waals surface area contributed by atoms with Crippen molar-refractivity contribution < 1.29 is 22.7 Å². The maximum atomic E-state index is 13.2. The van der Waals surface area contributed by atoms with Crippen LogP contribution < -0.4 is 9.62 Å². The second-order valence-corrected chi connectivity index (χ2v) is 8.56. The van der Waals surface area contributed by atoms with E-state index in [9.17, 15) is 22.7 Å². The molecule has 1 heterocycles. The van der Waals surface area contributed by atoms with Crippen LogP contribution in [-0.4, -0.2) is 57.6 Å². The molecule has 0 aromatic heterocycles. The lowest BCUT2D eigenvalue weighted by Gasteiger charge is -2.34. The third-order valence-corrected chi connectivity index (χ3v) is 6.38. The Hall–Kier alpha value is -2.36. The lowest BCUT2D eigenvalue weighted by Crippen LogP contribution is -2.44. The van der Waals surface area contributed by atoms with Crippen molar-refractivity contribution in [1.29, 1.82) is 0 Å². The number of piperazine rings is 1. The Morgan fingerprint density at radius 3 is 2.43 bits per heavy atom. The van der Waals surface area contributed by atoms with Gasteiger partial charge in [0.25, 0.3) is 10.0 Å². The minimum atomic E-state index is -4.19. The standard InChI is InChI=1S/C18H19ClFN3O4S/c1-22-6-8-23(9-7-22)13-3-4-16(14(11-13)18(24)25)21-28(26,27)17-5-2-12(20)10-15(17)19/h2-5,10-11,21H,6-9H2,1H3,(H,24,25). The molecule has 2 aromatic carbocycles. The number of likely N-dealkylation sites (N-methyl/N-ethyl adjacent to an activating group) is 1. The summed E-state index contributed by atoms with van der Waals surface area (Å²) in [5.41, 5.74) is 0.428. The van der Waals surface area contributed by atoms with Gasteiger partial charge in [-0.3, -0.25) is 4.72 Å². The van der Waals surface area contributed by atoms with Crippen molar-refractivity contribution >= 4 is 39.0 Å². The molecular weight excluding hydrogens is 409 g/mol. The first-order valence-electron chi connectivity index (χ1n) is 8.46. The zero-order chi connectivity index (χ0) is 20.5. The lowest BCUT2D eigenvalue weighted by atomic mass is 10.1. The molecule has 150 valence electrons. The predicted molar refractivity (Wildman–Crippen MR) is 105 cm³/mol. The van der Waals surface area contributed by atoms with Gasteiger partial charge in [0.05, 0.1) is 16.3 Å². The third-order valence-electron chi connectivity index (χ3n) is 4.53. The molecule has 0 saturated carbocycles. The van der Waals surface area contributed by atoms with Crippen molar-refractivity contribution in [2.24, 2.45) is 0 Å². The fraction of sp³-hybridized carbons (Fsp3) is 0.278. The predicted octanol–water partition coefficient (Wildman–Crippen LogP) is 2.73. The average molecular weight is 428 g/mol. The number of aromatic carboxylic acids is 1. The molecule has 1 aliphatic rings. The lowest BCUT2D eigenvalue weighted by molar-refractivity contribution is 0.0698. The van der Waals surface area contributed by atoms with E-state index >= 15 is 0 Å². The molecule has 0 amide bonds. The summed E-state index contributed by atoms with van der Waals surface area (Å²) >= 11 is 5.84. The molecule has 1 saturated heterocycles. The Kier molecular flexibility index (Phi) is 5.78. The van der Waals surface area contributed by atoms with Crippen LogP contribution in [0.25, 0.3) is 0 Å². The van der Waals surface area contributed by atoms with E-state index in [1.165, 1.54) is 12.1 Å². The molecule has 0 radical (unpaired) electrons. The SMILES string of the molecule is CN1CCN(c2ccc(NS(=O)(=O)c3ccc(F)cc3Cl)c(C(=O)O)c2)CC1. The Morgan fingerprint density at radius 1 is 1.14 bits per heavy atom. The van der Waals surface area contributed by atoms with E-state index in [2.05, 4.69) is 9.62 Å². The van der Waals surface area contributed by atoms with Gasteiger partial charge in [-0.2, -0.15) is 0 Å². The second kappa shape index (κ2) is 7.94. The number of nitrogens with zero attached hydrogens (tertiary/aromatic N) is 2. The van der Waals surface area contributed by atoms with Crippen LogP contribution in [0.1, 0.15) is 10.4 Å². The number of benzene rings is 2. The third kappa shape index (κ3) is 4.37. The van der Waals surface area contributed by atoms with Gasteiger partial charge < -0.3 is 14.9 Å². The van der Waals surface area contributed by atoms with Crippen LogP contribution in [0.15, 0.2) is 41.3 Å². The molecule has 2 aromatic rings. The summed E-state index contributed by atoms with van der Waals surface area (Å²) in [4.78, 5) is 15.6. The van der Waals surface area contributed by atoms with E-state index in [0.717, 1.165) is 44.4 Å². The first kappa shape index (κ1) is 20.4. The van der Waals surface area contributed by atoms with E-state index in [1.807, 2.05) is 11.9 Å². The first-order valence-corrected chi connectivity index (χ1v) is 10.3. The number of carboxylic acid groups (broad SMARTS) is 1. The summed E-state index contributed by atoms with van der Waals surface area (Å²) in [7, 11) is -2.18. The number of hydrogen-bond acceptors (Lipinski definition) is 5. The number of hydrogen-bond donors (Lipinski definition) is 2. The molecule has 0 unspecified atom stereocenters. The van der Waals surface area contributed by atoms with Crippen LogP contribution in [0.3, 0.4) is 0 Å². The number of sulfonamides is 1. The zero-order valence-electron chi connectivity index (χ0n) is 15.0. The highest BCUT2D eigenvalue weighted by molar-refractivity contribution is 7.92. The van der Waals surface area contributed by atoms with Gasteiger partial charge in [0.15, 0.2) is 0 Å². The number of carbonyl (C=O) groups is 1. The first-order chi connectivity index (χ1) is 13.2. The van der Waals surface area contributed by atoms with Crippen LogP contribution in [0.2, 0.25) is 5.02 Å². The van der Waals surface area contributed by atoms with E-state index < -0.39 is 21.8 Å². The summed E-state index contributed by atoms with van der Waals surface area (Å²) in [5.74, 6) is -1.94. The molecule has 1 aliphatic heterocycles.